The zero-order valence-corrected chi connectivity index (χ0v) is 12.3. The van der Waals surface area contributed by atoms with Crippen molar-refractivity contribution in [3.8, 4) is 11.5 Å². The van der Waals surface area contributed by atoms with Crippen LogP contribution in [0.5, 0.6) is 11.5 Å². The molecule has 0 saturated carbocycles. The minimum absolute atomic E-state index is 0.0907. The van der Waals surface area contributed by atoms with Gasteiger partial charge in [0.1, 0.15) is 17.8 Å². The number of aliphatic carboxylic acids is 1. The fourth-order valence-electron chi connectivity index (χ4n) is 1.42. The summed E-state index contributed by atoms with van der Waals surface area (Å²) in [6.45, 7) is 0.681. The number of hydrogen-bond acceptors (Lipinski definition) is 5. The Morgan fingerprint density at radius 1 is 1.23 bits per heavy atom. The van der Waals surface area contributed by atoms with Gasteiger partial charge in [-0.05, 0) is 30.5 Å². The molecule has 0 aliphatic carbocycles. The highest BCUT2D eigenvalue weighted by Gasteiger charge is 2.01. The molecule has 0 saturated heterocycles. The van der Waals surface area contributed by atoms with Gasteiger partial charge in [0.25, 0.3) is 0 Å². The Morgan fingerprint density at radius 2 is 1.95 bits per heavy atom. The van der Waals surface area contributed by atoms with E-state index in [-0.39, 0.29) is 11.5 Å². The van der Waals surface area contributed by atoms with Gasteiger partial charge in [0.05, 0.1) is 0 Å². The number of rotatable bonds is 7. The van der Waals surface area contributed by atoms with Crippen molar-refractivity contribution in [2.24, 2.45) is 0 Å². The fraction of sp³-hybridized carbons (Fsp3) is 0.250. The van der Waals surface area contributed by atoms with Crippen molar-refractivity contribution in [3.63, 3.8) is 0 Å². The molecule has 3 N–H and O–H groups in total. The van der Waals surface area contributed by atoms with Gasteiger partial charge in [0, 0.05) is 25.9 Å². The van der Waals surface area contributed by atoms with Gasteiger partial charge >= 0.3 is 5.97 Å². The molecule has 0 aliphatic rings. The van der Waals surface area contributed by atoms with Crippen LogP contribution >= 0.6 is 0 Å². The Labute approximate surface area is 129 Å². The third kappa shape index (κ3) is 10.2. The molecule has 0 heterocycles. The molecule has 1 rings (SSSR count). The lowest BCUT2D eigenvalue weighted by Gasteiger charge is -2.04. The quantitative estimate of drug-likeness (QED) is 0.308. The lowest BCUT2D eigenvalue weighted by Crippen LogP contribution is -1.92. The van der Waals surface area contributed by atoms with Crippen LogP contribution in [0.15, 0.2) is 42.5 Å². The van der Waals surface area contributed by atoms with Crippen molar-refractivity contribution < 1.29 is 29.6 Å². The topological polar surface area (TPSA) is 104 Å². The monoisotopic (exact) mass is 308 g/mol. The number of phenolic OH excluding ortho intramolecular Hbond substituents is 2. The van der Waals surface area contributed by atoms with Crippen molar-refractivity contribution in [3.05, 3.63) is 48.1 Å². The second-order valence-electron chi connectivity index (χ2n) is 4.13. The first-order valence-electron chi connectivity index (χ1n) is 6.52. The van der Waals surface area contributed by atoms with Crippen LogP contribution in [0, 0.1) is 0 Å². The minimum atomic E-state index is -1.02. The molecule has 120 valence electrons. The van der Waals surface area contributed by atoms with Crippen LogP contribution in [0.1, 0.15) is 12.0 Å². The predicted molar refractivity (Wildman–Crippen MR) is 81.9 cm³/mol. The molecule has 0 fully saturated rings. The van der Waals surface area contributed by atoms with Crippen molar-refractivity contribution in [2.45, 2.75) is 12.8 Å². The molecular formula is C16H20O6. The van der Waals surface area contributed by atoms with E-state index in [0.717, 1.165) is 24.5 Å². The number of aldehydes is 1. The van der Waals surface area contributed by atoms with Crippen LogP contribution in [0.3, 0.4) is 0 Å². The molecule has 0 amide bonds. The highest BCUT2D eigenvalue weighted by molar-refractivity contribution is 5.80. The first-order valence-corrected chi connectivity index (χ1v) is 6.52. The highest BCUT2D eigenvalue weighted by Crippen LogP contribution is 2.23. The average Bonchev–Trinajstić information content (AvgIpc) is 2.47. The summed E-state index contributed by atoms with van der Waals surface area (Å²) < 4.78 is 4.90. The smallest absolute Gasteiger partial charge is 0.328 e. The van der Waals surface area contributed by atoms with E-state index in [1.54, 1.807) is 19.2 Å². The van der Waals surface area contributed by atoms with Crippen molar-refractivity contribution >= 4 is 12.3 Å². The van der Waals surface area contributed by atoms with E-state index >= 15 is 0 Å². The molecule has 0 aromatic heterocycles. The fourth-order valence-corrected chi connectivity index (χ4v) is 1.42. The number of carbonyl (C=O) groups excluding carboxylic acids is 1. The van der Waals surface area contributed by atoms with Crippen LogP contribution in [0.25, 0.3) is 0 Å². The Hall–Kier alpha value is -2.60. The molecule has 1 aromatic rings. The second-order valence-corrected chi connectivity index (χ2v) is 4.13. The molecule has 1 aromatic carbocycles. The summed E-state index contributed by atoms with van der Waals surface area (Å²) in [6.07, 6.45) is 6.98. The van der Waals surface area contributed by atoms with Gasteiger partial charge in [-0.15, -0.1) is 0 Å². The summed E-state index contributed by atoms with van der Waals surface area (Å²) in [5, 5.41) is 26.4. The SMILES string of the molecule is COCCCc1ccc(O)cc1O.O=C/C=C\C=C/C(=O)O. The summed E-state index contributed by atoms with van der Waals surface area (Å²) in [7, 11) is 1.65. The number of aromatic hydroxyl groups is 2. The third-order valence-corrected chi connectivity index (χ3v) is 2.40. The number of carboxylic acids is 1. The number of methoxy groups -OCH3 is 1. The molecule has 0 aliphatic heterocycles. The summed E-state index contributed by atoms with van der Waals surface area (Å²) in [6, 6.07) is 4.64. The Bertz CT molecular complexity index is 519. The zero-order valence-electron chi connectivity index (χ0n) is 12.3. The molecule has 22 heavy (non-hydrogen) atoms. The first-order chi connectivity index (χ1) is 10.5. The number of carbonyl (C=O) groups is 2. The van der Waals surface area contributed by atoms with Gasteiger partial charge in [0.2, 0.25) is 0 Å². The summed E-state index contributed by atoms with van der Waals surface area (Å²) in [5.74, 6) is -0.783. The third-order valence-electron chi connectivity index (χ3n) is 2.40. The molecule has 6 heteroatoms. The minimum Gasteiger partial charge on any atom is -0.508 e. The van der Waals surface area contributed by atoms with Crippen molar-refractivity contribution in [1.29, 1.82) is 0 Å². The highest BCUT2D eigenvalue weighted by atomic mass is 16.5. The van der Waals surface area contributed by atoms with Crippen LogP contribution in [0.4, 0.5) is 0 Å². The maximum Gasteiger partial charge on any atom is 0.328 e. The van der Waals surface area contributed by atoms with Gasteiger partial charge in [-0.1, -0.05) is 18.2 Å². The standard InChI is InChI=1S/C10H14O3.C6H6O3/c1-13-6-2-3-8-4-5-9(11)7-10(8)12;7-5-3-1-2-4-6(8)9/h4-5,7,11-12H,2-3,6H2,1H3;1-5H,(H,8,9)/b;3-1-,4-2-. The van der Waals surface area contributed by atoms with E-state index in [2.05, 4.69) is 0 Å². The number of ether oxygens (including phenoxy) is 1. The lowest BCUT2D eigenvalue weighted by molar-refractivity contribution is -0.131. The van der Waals surface area contributed by atoms with E-state index < -0.39 is 5.97 Å². The number of allylic oxidation sites excluding steroid dienone is 3. The molecule has 0 bridgehead atoms. The summed E-state index contributed by atoms with van der Waals surface area (Å²) >= 11 is 0. The molecule has 0 atom stereocenters. The number of aryl methyl sites for hydroxylation is 1. The van der Waals surface area contributed by atoms with Gasteiger partial charge in [-0.25, -0.2) is 4.79 Å². The van der Waals surface area contributed by atoms with E-state index in [4.69, 9.17) is 14.9 Å². The maximum atomic E-state index is 9.75. The molecule has 0 radical (unpaired) electrons. The van der Waals surface area contributed by atoms with Gasteiger partial charge < -0.3 is 20.1 Å². The Kier molecular flexibility index (Phi) is 10.7. The number of benzene rings is 1. The van der Waals surface area contributed by atoms with Crippen LogP contribution < -0.4 is 0 Å². The number of hydrogen-bond donors (Lipinski definition) is 3. The van der Waals surface area contributed by atoms with Crippen LogP contribution in [-0.4, -0.2) is 41.3 Å². The Morgan fingerprint density at radius 3 is 2.50 bits per heavy atom. The van der Waals surface area contributed by atoms with E-state index in [0.29, 0.717) is 12.9 Å². The molecule has 0 spiro atoms. The van der Waals surface area contributed by atoms with Crippen molar-refractivity contribution in [2.75, 3.05) is 13.7 Å². The predicted octanol–water partition coefficient (Wildman–Crippen LogP) is 2.06. The Balaban J connectivity index is 0.000000433. The largest absolute Gasteiger partial charge is 0.508 e. The van der Waals surface area contributed by atoms with E-state index in [1.165, 1.54) is 24.3 Å². The van der Waals surface area contributed by atoms with Crippen LogP contribution in [0.2, 0.25) is 0 Å². The second kappa shape index (κ2) is 12.2. The molecule has 6 nitrogen and oxygen atoms in total. The van der Waals surface area contributed by atoms with Gasteiger partial charge in [-0.2, -0.15) is 0 Å². The van der Waals surface area contributed by atoms with E-state index in [1.807, 2.05) is 0 Å². The number of phenols is 2. The molecule has 0 unspecified atom stereocenters. The van der Waals surface area contributed by atoms with E-state index in [9.17, 15) is 14.7 Å². The number of carboxylic acid groups (broad SMARTS) is 1. The zero-order chi connectivity index (χ0) is 16.8. The van der Waals surface area contributed by atoms with Crippen molar-refractivity contribution in [1.82, 2.24) is 0 Å². The lowest BCUT2D eigenvalue weighted by atomic mass is 10.1. The van der Waals surface area contributed by atoms with Gasteiger partial charge in [0.15, 0.2) is 0 Å². The summed E-state index contributed by atoms with van der Waals surface area (Å²) in [5.41, 5.74) is 0.842. The maximum absolute atomic E-state index is 9.75. The average molecular weight is 308 g/mol. The normalized spacial score (nSPS) is 10.4. The van der Waals surface area contributed by atoms with Gasteiger partial charge in [-0.3, -0.25) is 4.79 Å². The summed E-state index contributed by atoms with van der Waals surface area (Å²) in [4.78, 5) is 19.3. The molecular weight excluding hydrogens is 288 g/mol. The first kappa shape index (κ1) is 19.4. The van der Waals surface area contributed by atoms with Crippen LogP contribution in [-0.2, 0) is 20.7 Å².